The molecule has 0 amide bonds. The number of aromatic carboxylic acids is 2. The fourth-order valence-electron chi connectivity index (χ4n) is 1.30. The maximum absolute atomic E-state index is 10.2. The first kappa shape index (κ1) is 20.5. The maximum Gasteiger partial charge on any atom is 3.00 e. The van der Waals surface area contributed by atoms with E-state index in [2.05, 4.69) is 4.98 Å². The molecular formula is C17H13NO4Ti-. The topological polar surface area (TPSA) is 93.1 Å². The molecule has 0 saturated carbocycles. The number of hydrogen-bond acceptors (Lipinski definition) is 5. The average molecular weight is 343 g/mol. The second-order valence-corrected chi connectivity index (χ2v) is 3.91. The van der Waals surface area contributed by atoms with Crippen LogP contribution in [0.4, 0.5) is 0 Å². The molecule has 0 spiro atoms. The van der Waals surface area contributed by atoms with Gasteiger partial charge >= 0.3 is 21.7 Å². The number of carboxylic acids is 2. The standard InChI is InChI=1S/C7H5NO4.2C5H5.Ti/c9-6(10)4-2-1-3-5(8-4)7(11)12;2*1-2-4-5-3-1;/h1-3H,(H,9,10)(H,11,12);2*1-5H;/q;2*-1;+3/p-2. The van der Waals surface area contributed by atoms with Crippen molar-refractivity contribution in [3.05, 3.63) is 90.3 Å². The van der Waals surface area contributed by atoms with Gasteiger partial charge in [-0.05, 0) is 12.1 Å². The van der Waals surface area contributed by atoms with Crippen LogP contribution in [0.15, 0.2) is 78.9 Å². The van der Waals surface area contributed by atoms with E-state index in [9.17, 15) is 19.8 Å². The SMILES string of the molecule is O=C([O-])c1cccc(C(=O)[O-])n1.[Ti+3].c1cc[cH-]c1.c1cc[cH-]c1. The van der Waals surface area contributed by atoms with Crippen molar-refractivity contribution in [1.82, 2.24) is 4.98 Å². The Balaban J connectivity index is 0.000000362. The van der Waals surface area contributed by atoms with Gasteiger partial charge in [0, 0.05) is 0 Å². The first-order valence-corrected chi connectivity index (χ1v) is 6.34. The van der Waals surface area contributed by atoms with Crippen LogP contribution in [0.3, 0.4) is 0 Å². The van der Waals surface area contributed by atoms with Crippen molar-refractivity contribution < 1.29 is 41.5 Å². The molecule has 3 aromatic rings. The molecule has 6 heteroatoms. The Morgan fingerprint density at radius 2 is 1.09 bits per heavy atom. The van der Waals surface area contributed by atoms with E-state index in [1.165, 1.54) is 6.07 Å². The molecule has 0 saturated heterocycles. The summed E-state index contributed by atoms with van der Waals surface area (Å²) >= 11 is 0. The zero-order chi connectivity index (χ0) is 16.2. The average Bonchev–Trinajstić information content (AvgIpc) is 3.25. The van der Waals surface area contributed by atoms with Gasteiger partial charge in [-0.1, -0.05) is 6.07 Å². The Morgan fingerprint density at radius 3 is 1.30 bits per heavy atom. The Bertz CT molecular complexity index is 574. The number of nitrogens with zero attached hydrogens (tertiary/aromatic N) is 1. The molecule has 0 fully saturated rings. The van der Waals surface area contributed by atoms with Crippen molar-refractivity contribution in [2.75, 3.05) is 0 Å². The van der Waals surface area contributed by atoms with Crippen LogP contribution in [0.1, 0.15) is 21.0 Å². The van der Waals surface area contributed by atoms with Crippen LogP contribution in [0.25, 0.3) is 0 Å². The Labute approximate surface area is 148 Å². The van der Waals surface area contributed by atoms with E-state index >= 15 is 0 Å². The minimum absolute atomic E-state index is 0. The zero-order valence-corrected chi connectivity index (χ0v) is 13.6. The molecule has 0 bridgehead atoms. The van der Waals surface area contributed by atoms with Crippen molar-refractivity contribution in [3.8, 4) is 0 Å². The van der Waals surface area contributed by atoms with Gasteiger partial charge < -0.3 is 19.8 Å². The summed E-state index contributed by atoms with van der Waals surface area (Å²) in [4.78, 5) is 23.6. The van der Waals surface area contributed by atoms with Crippen LogP contribution in [-0.2, 0) is 21.7 Å². The molecule has 23 heavy (non-hydrogen) atoms. The molecule has 1 radical (unpaired) electrons. The summed E-state index contributed by atoms with van der Waals surface area (Å²) in [6, 6.07) is 23.5. The molecule has 115 valence electrons. The maximum atomic E-state index is 10.2. The van der Waals surface area contributed by atoms with Gasteiger partial charge in [0.15, 0.2) is 0 Å². The van der Waals surface area contributed by atoms with Gasteiger partial charge in [0.05, 0.1) is 23.3 Å². The molecule has 0 aliphatic rings. The fourth-order valence-corrected chi connectivity index (χ4v) is 1.30. The van der Waals surface area contributed by atoms with Gasteiger partial charge in [-0.2, -0.15) is 36.4 Å². The molecule has 0 unspecified atom stereocenters. The fraction of sp³-hybridized carbons (Fsp3) is 0. The summed E-state index contributed by atoms with van der Waals surface area (Å²) in [5.41, 5.74) is -0.839. The van der Waals surface area contributed by atoms with Crippen LogP contribution in [0, 0.1) is 0 Å². The molecule has 1 heterocycles. The summed E-state index contributed by atoms with van der Waals surface area (Å²) in [7, 11) is 0. The molecule has 2 aromatic carbocycles. The Kier molecular flexibility index (Phi) is 10.8. The first-order chi connectivity index (χ1) is 10.6. The predicted molar refractivity (Wildman–Crippen MR) is 77.0 cm³/mol. The Morgan fingerprint density at radius 1 is 0.739 bits per heavy atom. The quantitative estimate of drug-likeness (QED) is 0.502. The number of carboxylic acid groups (broad SMARTS) is 2. The Hall–Kier alpha value is -2.50. The third-order valence-electron chi connectivity index (χ3n) is 2.28. The summed E-state index contributed by atoms with van der Waals surface area (Å²) in [6.07, 6.45) is 0. The number of pyridine rings is 1. The van der Waals surface area contributed by atoms with Gasteiger partial charge in [0.2, 0.25) is 0 Å². The smallest absolute Gasteiger partial charge is 0.543 e. The third-order valence-corrected chi connectivity index (χ3v) is 2.28. The van der Waals surface area contributed by atoms with Crippen molar-refractivity contribution in [2.24, 2.45) is 0 Å². The second-order valence-electron chi connectivity index (χ2n) is 3.91. The number of carbonyl (C=O) groups excluding carboxylic acids is 2. The van der Waals surface area contributed by atoms with Crippen molar-refractivity contribution in [3.63, 3.8) is 0 Å². The molecule has 5 nitrogen and oxygen atoms in total. The van der Waals surface area contributed by atoms with Crippen molar-refractivity contribution >= 4 is 11.9 Å². The first-order valence-electron chi connectivity index (χ1n) is 6.34. The zero-order valence-electron chi connectivity index (χ0n) is 12.1. The monoisotopic (exact) mass is 343 g/mol. The summed E-state index contributed by atoms with van der Waals surface area (Å²) < 4.78 is 0. The summed E-state index contributed by atoms with van der Waals surface area (Å²) in [6.45, 7) is 0. The molecule has 0 N–H and O–H groups in total. The number of rotatable bonds is 2. The van der Waals surface area contributed by atoms with E-state index in [-0.39, 0.29) is 21.7 Å². The van der Waals surface area contributed by atoms with Crippen molar-refractivity contribution in [1.29, 1.82) is 0 Å². The van der Waals surface area contributed by atoms with E-state index in [1.807, 2.05) is 60.7 Å². The van der Waals surface area contributed by atoms with Gasteiger partial charge in [-0.25, -0.2) is 29.2 Å². The van der Waals surface area contributed by atoms with Crippen LogP contribution < -0.4 is 10.2 Å². The molecule has 0 aliphatic heterocycles. The van der Waals surface area contributed by atoms with Crippen LogP contribution in [0.5, 0.6) is 0 Å². The summed E-state index contributed by atoms with van der Waals surface area (Å²) in [5, 5.41) is 20.4. The van der Waals surface area contributed by atoms with Gasteiger partial charge in [-0.15, -0.1) is 0 Å². The number of hydrogen-bond donors (Lipinski definition) is 0. The van der Waals surface area contributed by atoms with Crippen LogP contribution >= 0.6 is 0 Å². The minimum Gasteiger partial charge on any atom is -0.543 e. The molecule has 0 aliphatic carbocycles. The normalized spacial score (nSPS) is 8.35. The van der Waals surface area contributed by atoms with E-state index < -0.39 is 23.3 Å². The van der Waals surface area contributed by atoms with Gasteiger partial charge in [0.25, 0.3) is 0 Å². The number of aromatic nitrogens is 1. The van der Waals surface area contributed by atoms with E-state index in [4.69, 9.17) is 0 Å². The largest absolute Gasteiger partial charge is 3.00 e. The molecule has 3 rings (SSSR count). The minimum atomic E-state index is -1.52. The predicted octanol–water partition coefficient (Wildman–Crippen LogP) is 0.617. The van der Waals surface area contributed by atoms with Crippen molar-refractivity contribution in [2.45, 2.75) is 0 Å². The number of carbonyl (C=O) groups is 2. The van der Waals surface area contributed by atoms with Gasteiger partial charge in [-0.3, -0.25) is 0 Å². The van der Waals surface area contributed by atoms with Crippen LogP contribution in [0.2, 0.25) is 0 Å². The molecule has 0 atom stereocenters. The molecule has 1 aromatic heterocycles. The van der Waals surface area contributed by atoms with Crippen LogP contribution in [-0.4, -0.2) is 16.9 Å². The molecular weight excluding hydrogens is 330 g/mol. The van der Waals surface area contributed by atoms with E-state index in [1.54, 1.807) is 0 Å². The third kappa shape index (κ3) is 9.19. The van der Waals surface area contributed by atoms with E-state index in [0.29, 0.717) is 0 Å². The van der Waals surface area contributed by atoms with Gasteiger partial charge in [0.1, 0.15) is 0 Å². The van der Waals surface area contributed by atoms with E-state index in [0.717, 1.165) is 12.1 Å². The second kappa shape index (κ2) is 12.1. The summed E-state index contributed by atoms with van der Waals surface area (Å²) in [5.74, 6) is -3.03.